The third kappa shape index (κ3) is 4.66. The molecule has 1 fully saturated rings. The molecule has 0 radical (unpaired) electrons. The highest BCUT2D eigenvalue weighted by Gasteiger charge is 2.20. The van der Waals surface area contributed by atoms with Crippen LogP contribution in [-0.4, -0.2) is 24.7 Å². The number of alkyl halides is 1. The van der Waals surface area contributed by atoms with Crippen LogP contribution in [0.2, 0.25) is 0 Å². The van der Waals surface area contributed by atoms with Crippen LogP contribution in [0.5, 0.6) is 0 Å². The molecule has 2 nitrogen and oxygen atoms in total. The Bertz CT molecular complexity index is 315. The van der Waals surface area contributed by atoms with Crippen molar-refractivity contribution in [3.8, 4) is 0 Å². The Labute approximate surface area is 108 Å². The normalized spacial score (nSPS) is 24.8. The molecule has 1 saturated heterocycles. The summed E-state index contributed by atoms with van der Waals surface area (Å²) in [5.74, 6) is 0. The van der Waals surface area contributed by atoms with Crippen molar-refractivity contribution in [2.45, 2.75) is 37.4 Å². The van der Waals surface area contributed by atoms with Crippen LogP contribution in [0.15, 0.2) is 30.3 Å². The lowest BCUT2D eigenvalue weighted by Gasteiger charge is -2.25. The quantitative estimate of drug-likeness (QED) is 0.592. The maximum absolute atomic E-state index is 6.10. The van der Waals surface area contributed by atoms with Crippen LogP contribution in [0.3, 0.4) is 0 Å². The van der Waals surface area contributed by atoms with E-state index in [1.54, 1.807) is 0 Å². The molecule has 0 amide bonds. The molecule has 2 atom stereocenters. The molecule has 1 aromatic rings. The Hall–Kier alpha value is -0.570. The van der Waals surface area contributed by atoms with Gasteiger partial charge < -0.3 is 9.47 Å². The SMILES string of the molecule is Cl[C@@H]1CCO[C@H](CCOCc2ccccc2)C1. The lowest BCUT2D eigenvalue weighted by molar-refractivity contribution is -0.00814. The summed E-state index contributed by atoms with van der Waals surface area (Å²) in [7, 11) is 0. The van der Waals surface area contributed by atoms with Gasteiger partial charge in [-0.15, -0.1) is 11.6 Å². The molecule has 1 aliphatic rings. The van der Waals surface area contributed by atoms with Gasteiger partial charge in [0.05, 0.1) is 12.7 Å². The van der Waals surface area contributed by atoms with Crippen LogP contribution in [-0.2, 0) is 16.1 Å². The fourth-order valence-electron chi connectivity index (χ4n) is 2.01. The van der Waals surface area contributed by atoms with Gasteiger partial charge in [-0.1, -0.05) is 30.3 Å². The summed E-state index contributed by atoms with van der Waals surface area (Å²) in [5.41, 5.74) is 1.22. The maximum atomic E-state index is 6.10. The van der Waals surface area contributed by atoms with Crippen molar-refractivity contribution in [3.05, 3.63) is 35.9 Å². The van der Waals surface area contributed by atoms with Gasteiger partial charge in [-0.05, 0) is 24.8 Å². The first kappa shape index (κ1) is 12.9. The molecule has 0 aliphatic carbocycles. The third-order valence-corrected chi connectivity index (χ3v) is 3.40. The van der Waals surface area contributed by atoms with E-state index in [2.05, 4.69) is 12.1 Å². The fourth-order valence-corrected chi connectivity index (χ4v) is 2.30. The number of halogens is 1. The minimum atomic E-state index is 0.280. The Morgan fingerprint density at radius 2 is 2.12 bits per heavy atom. The second-order valence-corrected chi connectivity index (χ2v) is 5.06. The van der Waals surface area contributed by atoms with E-state index in [4.69, 9.17) is 21.1 Å². The van der Waals surface area contributed by atoms with Gasteiger partial charge in [0.1, 0.15) is 0 Å². The minimum absolute atomic E-state index is 0.280. The molecule has 0 unspecified atom stereocenters. The minimum Gasteiger partial charge on any atom is -0.378 e. The molecular formula is C14H19ClO2. The zero-order valence-electron chi connectivity index (χ0n) is 9.98. The standard InChI is InChI=1S/C14H19ClO2/c15-13-6-9-17-14(10-13)7-8-16-11-12-4-2-1-3-5-12/h1-5,13-14H,6-11H2/t13-,14-/m1/s1. The Balaban J connectivity index is 1.60. The first-order valence-corrected chi connectivity index (χ1v) is 6.65. The molecule has 1 aromatic carbocycles. The highest BCUT2D eigenvalue weighted by molar-refractivity contribution is 6.20. The number of hydrogen-bond acceptors (Lipinski definition) is 2. The summed E-state index contributed by atoms with van der Waals surface area (Å²) < 4.78 is 11.3. The van der Waals surface area contributed by atoms with E-state index in [0.717, 1.165) is 32.5 Å². The summed E-state index contributed by atoms with van der Waals surface area (Å²) in [6.45, 7) is 2.21. The van der Waals surface area contributed by atoms with E-state index in [-0.39, 0.29) is 11.5 Å². The van der Waals surface area contributed by atoms with Crippen molar-refractivity contribution in [1.29, 1.82) is 0 Å². The van der Waals surface area contributed by atoms with Crippen LogP contribution in [0.4, 0.5) is 0 Å². The highest BCUT2D eigenvalue weighted by atomic mass is 35.5. The lowest BCUT2D eigenvalue weighted by atomic mass is 10.1. The van der Waals surface area contributed by atoms with Crippen LogP contribution in [0, 0.1) is 0 Å². The van der Waals surface area contributed by atoms with Crippen molar-refractivity contribution in [2.75, 3.05) is 13.2 Å². The van der Waals surface area contributed by atoms with Crippen LogP contribution in [0.1, 0.15) is 24.8 Å². The van der Waals surface area contributed by atoms with Gasteiger partial charge >= 0.3 is 0 Å². The average molecular weight is 255 g/mol. The first-order chi connectivity index (χ1) is 8.34. The largest absolute Gasteiger partial charge is 0.378 e. The monoisotopic (exact) mass is 254 g/mol. The molecular weight excluding hydrogens is 236 g/mol. The smallest absolute Gasteiger partial charge is 0.0716 e. The molecule has 0 spiro atoms. The average Bonchev–Trinajstić information content (AvgIpc) is 2.36. The molecule has 0 saturated carbocycles. The molecule has 3 heteroatoms. The third-order valence-electron chi connectivity index (χ3n) is 3.00. The molecule has 2 rings (SSSR count). The van der Waals surface area contributed by atoms with Crippen LogP contribution >= 0.6 is 11.6 Å². The Morgan fingerprint density at radius 1 is 1.29 bits per heavy atom. The van der Waals surface area contributed by atoms with Crippen molar-refractivity contribution in [1.82, 2.24) is 0 Å². The second-order valence-electron chi connectivity index (χ2n) is 4.44. The van der Waals surface area contributed by atoms with Crippen LogP contribution in [0.25, 0.3) is 0 Å². The summed E-state index contributed by atoms with van der Waals surface area (Å²) in [6.07, 6.45) is 3.15. The number of rotatable bonds is 5. The van der Waals surface area contributed by atoms with Gasteiger partial charge in [0.15, 0.2) is 0 Å². The topological polar surface area (TPSA) is 18.5 Å². The molecule has 0 N–H and O–H groups in total. The molecule has 0 bridgehead atoms. The molecule has 94 valence electrons. The Kier molecular flexibility index (Phi) is 5.30. The number of ether oxygens (including phenoxy) is 2. The number of hydrogen-bond donors (Lipinski definition) is 0. The van der Waals surface area contributed by atoms with Crippen molar-refractivity contribution in [2.24, 2.45) is 0 Å². The summed E-state index contributed by atoms with van der Waals surface area (Å²) in [4.78, 5) is 0. The lowest BCUT2D eigenvalue weighted by Crippen LogP contribution is -2.27. The first-order valence-electron chi connectivity index (χ1n) is 6.22. The zero-order chi connectivity index (χ0) is 11.9. The maximum Gasteiger partial charge on any atom is 0.0716 e. The van der Waals surface area contributed by atoms with Gasteiger partial charge in [-0.3, -0.25) is 0 Å². The highest BCUT2D eigenvalue weighted by Crippen LogP contribution is 2.20. The van der Waals surface area contributed by atoms with Gasteiger partial charge in [0.25, 0.3) is 0 Å². The van der Waals surface area contributed by atoms with Gasteiger partial charge in [0, 0.05) is 18.6 Å². The summed E-state index contributed by atoms with van der Waals surface area (Å²) in [5, 5.41) is 0.280. The molecule has 17 heavy (non-hydrogen) atoms. The van der Waals surface area contributed by atoms with Gasteiger partial charge in [-0.25, -0.2) is 0 Å². The van der Waals surface area contributed by atoms with E-state index in [1.807, 2.05) is 18.2 Å². The predicted octanol–water partition coefficient (Wildman–Crippen LogP) is 3.38. The van der Waals surface area contributed by atoms with E-state index in [1.165, 1.54) is 5.56 Å². The number of benzene rings is 1. The van der Waals surface area contributed by atoms with Gasteiger partial charge in [-0.2, -0.15) is 0 Å². The fraction of sp³-hybridized carbons (Fsp3) is 0.571. The van der Waals surface area contributed by atoms with Crippen molar-refractivity contribution < 1.29 is 9.47 Å². The van der Waals surface area contributed by atoms with E-state index in [9.17, 15) is 0 Å². The summed E-state index contributed by atoms with van der Waals surface area (Å²) >= 11 is 6.10. The second kappa shape index (κ2) is 7.00. The zero-order valence-corrected chi connectivity index (χ0v) is 10.7. The van der Waals surface area contributed by atoms with Gasteiger partial charge in [0.2, 0.25) is 0 Å². The van der Waals surface area contributed by atoms with Crippen molar-refractivity contribution >= 4 is 11.6 Å². The van der Waals surface area contributed by atoms with E-state index >= 15 is 0 Å². The van der Waals surface area contributed by atoms with Crippen molar-refractivity contribution in [3.63, 3.8) is 0 Å². The Morgan fingerprint density at radius 3 is 2.88 bits per heavy atom. The van der Waals surface area contributed by atoms with E-state index in [0.29, 0.717) is 6.61 Å². The molecule has 1 heterocycles. The van der Waals surface area contributed by atoms with E-state index < -0.39 is 0 Å². The predicted molar refractivity (Wildman–Crippen MR) is 69.3 cm³/mol. The molecule has 1 aliphatic heterocycles. The molecule has 0 aromatic heterocycles. The summed E-state index contributed by atoms with van der Waals surface area (Å²) in [6, 6.07) is 10.2. The van der Waals surface area contributed by atoms with Crippen LogP contribution < -0.4 is 0 Å².